The van der Waals surface area contributed by atoms with Gasteiger partial charge in [-0.3, -0.25) is 9.78 Å². The zero-order chi connectivity index (χ0) is 22.1. The van der Waals surface area contributed by atoms with Gasteiger partial charge in [0.05, 0.1) is 15.6 Å². The zero-order valence-electron chi connectivity index (χ0n) is 14.7. The Bertz CT molecular complexity index is 1210. The highest BCUT2D eigenvalue weighted by molar-refractivity contribution is 7.92. The van der Waals surface area contributed by atoms with Crippen LogP contribution in [0, 0.1) is 5.82 Å². The quantitative estimate of drug-likeness (QED) is 0.553. The van der Waals surface area contributed by atoms with Crippen molar-refractivity contribution in [1.82, 2.24) is 4.98 Å². The van der Waals surface area contributed by atoms with E-state index in [1.54, 1.807) is 6.07 Å². The first-order chi connectivity index (χ1) is 14.0. The van der Waals surface area contributed by atoms with Gasteiger partial charge in [0.15, 0.2) is 0 Å². The van der Waals surface area contributed by atoms with Crippen LogP contribution in [-0.2, 0) is 9.84 Å². The van der Waals surface area contributed by atoms with Gasteiger partial charge in [0, 0.05) is 23.0 Å². The maximum atomic E-state index is 14.5. The molecule has 0 aliphatic heterocycles. The van der Waals surface area contributed by atoms with E-state index in [9.17, 15) is 30.8 Å². The minimum absolute atomic E-state index is 0.0263. The molecule has 1 heterocycles. The molecule has 0 radical (unpaired) electrons. The van der Waals surface area contributed by atoms with E-state index in [2.05, 4.69) is 10.3 Å². The van der Waals surface area contributed by atoms with Gasteiger partial charge < -0.3 is 5.32 Å². The van der Waals surface area contributed by atoms with Gasteiger partial charge in [-0.25, -0.2) is 12.8 Å². The Labute approximate surface area is 173 Å². The summed E-state index contributed by atoms with van der Waals surface area (Å²) in [5.74, 6) is -1.51. The van der Waals surface area contributed by atoms with Crippen molar-refractivity contribution in [2.24, 2.45) is 0 Å². The standard InChI is InChI=1S/C19H11ClF4N2O3S/c20-15-2-1-9-25-17(15)14-8-3-11(10-16(14)21)18(27)26-12-4-6-13(7-5-12)30(28,29)19(22,23)24/h1-10H,(H,26,27). The van der Waals surface area contributed by atoms with Crippen molar-refractivity contribution < 1.29 is 30.8 Å². The molecule has 0 bridgehead atoms. The van der Waals surface area contributed by atoms with Crippen molar-refractivity contribution in [2.45, 2.75) is 10.4 Å². The summed E-state index contributed by atoms with van der Waals surface area (Å²) < 4.78 is 74.8. The van der Waals surface area contributed by atoms with Crippen molar-refractivity contribution in [2.75, 3.05) is 5.32 Å². The number of carbonyl (C=O) groups is 1. The molecule has 0 saturated carbocycles. The van der Waals surface area contributed by atoms with Gasteiger partial charge in [0.1, 0.15) is 5.82 Å². The van der Waals surface area contributed by atoms with E-state index in [1.165, 1.54) is 24.4 Å². The van der Waals surface area contributed by atoms with Crippen LogP contribution in [0.4, 0.5) is 23.2 Å². The first kappa shape index (κ1) is 21.7. The zero-order valence-corrected chi connectivity index (χ0v) is 16.3. The van der Waals surface area contributed by atoms with Gasteiger partial charge in [-0.1, -0.05) is 11.6 Å². The van der Waals surface area contributed by atoms with Crippen molar-refractivity contribution in [3.05, 3.63) is 77.2 Å². The average molecular weight is 459 g/mol. The van der Waals surface area contributed by atoms with E-state index in [-0.39, 0.29) is 27.5 Å². The molecule has 156 valence electrons. The van der Waals surface area contributed by atoms with Crippen LogP contribution in [0.1, 0.15) is 10.4 Å². The van der Waals surface area contributed by atoms with E-state index < -0.39 is 32.0 Å². The molecule has 0 aliphatic rings. The maximum absolute atomic E-state index is 14.5. The minimum Gasteiger partial charge on any atom is -0.322 e. The monoisotopic (exact) mass is 458 g/mol. The topological polar surface area (TPSA) is 76.1 Å². The van der Waals surface area contributed by atoms with E-state index in [4.69, 9.17) is 11.6 Å². The highest BCUT2D eigenvalue weighted by Crippen LogP contribution is 2.31. The predicted octanol–water partition coefficient (Wildman–Crippen LogP) is 5.09. The third kappa shape index (κ3) is 4.29. The van der Waals surface area contributed by atoms with E-state index in [0.717, 1.165) is 18.2 Å². The largest absolute Gasteiger partial charge is 0.501 e. The Balaban J connectivity index is 1.80. The van der Waals surface area contributed by atoms with E-state index >= 15 is 0 Å². The van der Waals surface area contributed by atoms with Crippen LogP contribution in [0.25, 0.3) is 11.3 Å². The summed E-state index contributed by atoms with van der Waals surface area (Å²) in [5.41, 5.74) is -5.20. The van der Waals surface area contributed by atoms with Crippen molar-refractivity contribution in [1.29, 1.82) is 0 Å². The highest BCUT2D eigenvalue weighted by atomic mass is 35.5. The molecule has 3 aromatic rings. The van der Waals surface area contributed by atoms with Crippen molar-refractivity contribution in [3.8, 4) is 11.3 Å². The molecular formula is C19H11ClF4N2O3S. The normalized spacial score (nSPS) is 11.9. The smallest absolute Gasteiger partial charge is 0.322 e. The van der Waals surface area contributed by atoms with Gasteiger partial charge in [0.2, 0.25) is 0 Å². The van der Waals surface area contributed by atoms with Crippen LogP contribution in [0.3, 0.4) is 0 Å². The summed E-state index contributed by atoms with van der Waals surface area (Å²) in [7, 11) is -5.49. The fraction of sp³-hybridized carbons (Fsp3) is 0.0526. The third-order valence-electron chi connectivity index (χ3n) is 3.97. The van der Waals surface area contributed by atoms with E-state index in [0.29, 0.717) is 12.1 Å². The molecule has 0 unspecified atom stereocenters. The number of aromatic nitrogens is 1. The summed E-state index contributed by atoms with van der Waals surface area (Å²) in [5, 5.41) is 2.57. The minimum atomic E-state index is -5.49. The number of nitrogens with zero attached hydrogens (tertiary/aromatic N) is 1. The number of nitrogens with one attached hydrogen (secondary N) is 1. The Morgan fingerprint density at radius 1 is 1.03 bits per heavy atom. The fourth-order valence-electron chi connectivity index (χ4n) is 2.49. The number of amides is 1. The van der Waals surface area contributed by atoms with Gasteiger partial charge >= 0.3 is 5.51 Å². The summed E-state index contributed by atoms with van der Waals surface area (Å²) in [6, 6.07) is 10.1. The average Bonchev–Trinajstić information content (AvgIpc) is 2.68. The molecular weight excluding hydrogens is 448 g/mol. The van der Waals surface area contributed by atoms with Gasteiger partial charge in [-0.05, 0) is 54.6 Å². The number of sulfone groups is 1. The summed E-state index contributed by atoms with van der Waals surface area (Å²) in [4.78, 5) is 15.3. The number of hydrogen-bond donors (Lipinski definition) is 1. The summed E-state index contributed by atoms with van der Waals surface area (Å²) in [6.45, 7) is 0. The molecule has 1 aromatic heterocycles. The highest BCUT2D eigenvalue weighted by Gasteiger charge is 2.46. The Morgan fingerprint density at radius 3 is 2.27 bits per heavy atom. The molecule has 0 saturated heterocycles. The lowest BCUT2D eigenvalue weighted by molar-refractivity contribution is -0.0436. The maximum Gasteiger partial charge on any atom is 0.501 e. The number of alkyl halides is 3. The summed E-state index contributed by atoms with van der Waals surface area (Å²) >= 11 is 5.99. The number of benzene rings is 2. The van der Waals surface area contributed by atoms with Crippen molar-refractivity contribution in [3.63, 3.8) is 0 Å². The Kier molecular flexibility index (Phi) is 5.82. The lowest BCUT2D eigenvalue weighted by Crippen LogP contribution is -2.23. The van der Waals surface area contributed by atoms with Crippen LogP contribution in [0.2, 0.25) is 5.02 Å². The molecule has 11 heteroatoms. The number of halogens is 5. The number of carbonyl (C=O) groups excluding carboxylic acids is 1. The Hall–Kier alpha value is -2.98. The first-order valence-electron chi connectivity index (χ1n) is 8.14. The van der Waals surface area contributed by atoms with Crippen LogP contribution >= 0.6 is 11.6 Å². The van der Waals surface area contributed by atoms with Crippen LogP contribution in [-0.4, -0.2) is 24.8 Å². The molecule has 30 heavy (non-hydrogen) atoms. The number of rotatable bonds is 4. The summed E-state index contributed by atoms with van der Waals surface area (Å²) in [6.07, 6.45) is 1.43. The van der Waals surface area contributed by atoms with Gasteiger partial charge in [-0.15, -0.1) is 0 Å². The molecule has 3 rings (SSSR count). The lowest BCUT2D eigenvalue weighted by atomic mass is 10.1. The predicted molar refractivity (Wildman–Crippen MR) is 102 cm³/mol. The number of hydrogen-bond acceptors (Lipinski definition) is 4. The van der Waals surface area contributed by atoms with Crippen LogP contribution in [0.15, 0.2) is 65.7 Å². The second-order valence-corrected chi connectivity index (χ2v) is 8.30. The molecule has 0 aliphatic carbocycles. The number of pyridine rings is 1. The molecule has 5 nitrogen and oxygen atoms in total. The van der Waals surface area contributed by atoms with E-state index in [1.807, 2.05) is 0 Å². The number of anilines is 1. The second kappa shape index (κ2) is 8.04. The van der Waals surface area contributed by atoms with Gasteiger partial charge in [-0.2, -0.15) is 13.2 Å². The first-order valence-corrected chi connectivity index (χ1v) is 10.00. The molecule has 0 fully saturated rings. The third-order valence-corrected chi connectivity index (χ3v) is 5.78. The van der Waals surface area contributed by atoms with Gasteiger partial charge in [0.25, 0.3) is 15.7 Å². The lowest BCUT2D eigenvalue weighted by Gasteiger charge is -2.10. The Morgan fingerprint density at radius 2 is 1.70 bits per heavy atom. The molecule has 0 atom stereocenters. The van der Waals surface area contributed by atoms with Crippen molar-refractivity contribution >= 4 is 33.0 Å². The SMILES string of the molecule is O=C(Nc1ccc(S(=O)(=O)C(F)(F)F)cc1)c1ccc(-c2ncccc2Cl)c(F)c1. The molecule has 1 N–H and O–H groups in total. The molecule has 1 amide bonds. The molecule has 0 spiro atoms. The second-order valence-electron chi connectivity index (χ2n) is 5.96. The molecule has 2 aromatic carbocycles. The fourth-order valence-corrected chi connectivity index (χ4v) is 3.47. The van der Waals surface area contributed by atoms with Crippen LogP contribution in [0.5, 0.6) is 0 Å². The van der Waals surface area contributed by atoms with Crippen LogP contribution < -0.4 is 5.32 Å².